The summed E-state index contributed by atoms with van der Waals surface area (Å²) in [4.78, 5) is 38.5. The quantitative estimate of drug-likeness (QED) is 0.591. The van der Waals surface area contributed by atoms with Crippen molar-refractivity contribution < 1.29 is 28.6 Å². The summed E-state index contributed by atoms with van der Waals surface area (Å²) in [6.07, 6.45) is 3.39. The van der Waals surface area contributed by atoms with Gasteiger partial charge in [0.1, 0.15) is 30.2 Å². The number of methoxy groups -OCH3 is 2. The van der Waals surface area contributed by atoms with Gasteiger partial charge in [-0.15, -0.1) is 0 Å². The summed E-state index contributed by atoms with van der Waals surface area (Å²) in [6, 6.07) is 4.63. The molecule has 1 aromatic carbocycles. The number of hydrogen-bond acceptors (Lipinski definition) is 6. The van der Waals surface area contributed by atoms with Gasteiger partial charge in [-0.25, -0.2) is 4.79 Å². The van der Waals surface area contributed by atoms with Crippen LogP contribution in [0.15, 0.2) is 18.2 Å². The fraction of sp³-hybridized carbons (Fsp3) is 0.550. The average molecular weight is 390 g/mol. The highest BCUT2D eigenvalue weighted by molar-refractivity contribution is 6.08. The number of urea groups is 1. The Hall–Kier alpha value is -2.77. The van der Waals surface area contributed by atoms with Gasteiger partial charge >= 0.3 is 12.0 Å². The lowest BCUT2D eigenvalue weighted by atomic mass is 9.73. The first-order chi connectivity index (χ1) is 13.4. The van der Waals surface area contributed by atoms with Crippen LogP contribution >= 0.6 is 0 Å². The van der Waals surface area contributed by atoms with Crippen LogP contribution in [-0.4, -0.2) is 49.1 Å². The Morgan fingerprint density at radius 2 is 2.04 bits per heavy atom. The number of carbonyl (C=O) groups is 3. The van der Waals surface area contributed by atoms with E-state index in [-0.39, 0.29) is 18.4 Å². The molecule has 1 aliphatic heterocycles. The van der Waals surface area contributed by atoms with Crippen LogP contribution < -0.4 is 14.8 Å². The topological polar surface area (TPSA) is 94.2 Å². The summed E-state index contributed by atoms with van der Waals surface area (Å²) < 4.78 is 15.7. The SMILES string of the molecule is COc1ccc(OC)c(COC(=O)CN2C(=O)N[C@]3(CCCC[C@H]3C)C2=O)c1. The van der Waals surface area contributed by atoms with Crippen LogP contribution in [0, 0.1) is 5.92 Å². The molecule has 0 unspecified atom stereocenters. The molecule has 8 nitrogen and oxygen atoms in total. The molecule has 1 N–H and O–H groups in total. The van der Waals surface area contributed by atoms with E-state index in [1.54, 1.807) is 18.2 Å². The number of esters is 1. The number of imide groups is 1. The zero-order chi connectivity index (χ0) is 20.3. The summed E-state index contributed by atoms with van der Waals surface area (Å²) in [6.45, 7) is 1.50. The van der Waals surface area contributed by atoms with Gasteiger partial charge in [0.05, 0.1) is 14.2 Å². The fourth-order valence-electron chi connectivity index (χ4n) is 3.97. The largest absolute Gasteiger partial charge is 0.497 e. The molecule has 1 saturated carbocycles. The molecule has 0 aromatic heterocycles. The summed E-state index contributed by atoms with van der Waals surface area (Å²) in [7, 11) is 3.06. The van der Waals surface area contributed by atoms with Crippen LogP contribution in [0.5, 0.6) is 11.5 Å². The van der Waals surface area contributed by atoms with Crippen molar-refractivity contribution in [1.29, 1.82) is 0 Å². The first-order valence-corrected chi connectivity index (χ1v) is 9.42. The Morgan fingerprint density at radius 1 is 1.25 bits per heavy atom. The Labute approximate surface area is 164 Å². The average Bonchev–Trinajstić information content (AvgIpc) is 2.93. The molecule has 3 rings (SSSR count). The van der Waals surface area contributed by atoms with E-state index in [1.807, 2.05) is 6.92 Å². The maximum absolute atomic E-state index is 12.9. The maximum Gasteiger partial charge on any atom is 0.326 e. The molecule has 2 aliphatic rings. The number of amides is 3. The fourth-order valence-corrected chi connectivity index (χ4v) is 3.97. The van der Waals surface area contributed by atoms with Crippen molar-refractivity contribution in [3.63, 3.8) is 0 Å². The monoisotopic (exact) mass is 390 g/mol. The molecule has 0 bridgehead atoms. The van der Waals surface area contributed by atoms with Gasteiger partial charge in [-0.05, 0) is 37.0 Å². The molecule has 1 aromatic rings. The summed E-state index contributed by atoms with van der Waals surface area (Å²) in [5, 5.41) is 2.82. The first-order valence-electron chi connectivity index (χ1n) is 9.42. The predicted octanol–water partition coefficient (Wildman–Crippen LogP) is 2.25. The molecule has 3 amide bonds. The lowest BCUT2D eigenvalue weighted by molar-refractivity contribution is -0.149. The van der Waals surface area contributed by atoms with Crippen molar-refractivity contribution >= 4 is 17.9 Å². The number of rotatable bonds is 6. The van der Waals surface area contributed by atoms with Crippen LogP contribution in [0.1, 0.15) is 38.2 Å². The molecule has 2 fully saturated rings. The molecule has 152 valence electrons. The van der Waals surface area contributed by atoms with Crippen LogP contribution in [0.3, 0.4) is 0 Å². The molecule has 1 aliphatic carbocycles. The van der Waals surface area contributed by atoms with E-state index in [4.69, 9.17) is 14.2 Å². The van der Waals surface area contributed by atoms with Gasteiger partial charge in [0.15, 0.2) is 0 Å². The Balaban J connectivity index is 1.64. The highest BCUT2D eigenvalue weighted by atomic mass is 16.5. The number of hydrogen-bond donors (Lipinski definition) is 1. The van der Waals surface area contributed by atoms with Crippen molar-refractivity contribution in [2.24, 2.45) is 5.92 Å². The Morgan fingerprint density at radius 3 is 2.71 bits per heavy atom. The molecule has 8 heteroatoms. The highest BCUT2D eigenvalue weighted by Gasteiger charge is 2.55. The predicted molar refractivity (Wildman–Crippen MR) is 99.9 cm³/mol. The molecular weight excluding hydrogens is 364 g/mol. The van der Waals surface area contributed by atoms with Crippen molar-refractivity contribution in [1.82, 2.24) is 10.2 Å². The molecule has 0 radical (unpaired) electrons. The van der Waals surface area contributed by atoms with Crippen molar-refractivity contribution in [3.05, 3.63) is 23.8 Å². The lowest BCUT2D eigenvalue weighted by Crippen LogP contribution is -2.54. The minimum absolute atomic E-state index is 0.0414. The van der Waals surface area contributed by atoms with Crippen LogP contribution in [0.2, 0.25) is 0 Å². The Kier molecular flexibility index (Phi) is 5.76. The van der Waals surface area contributed by atoms with Crippen LogP contribution in [-0.2, 0) is 20.9 Å². The minimum atomic E-state index is -0.883. The Bertz CT molecular complexity index is 780. The van der Waals surface area contributed by atoms with Gasteiger partial charge < -0.3 is 19.5 Å². The maximum atomic E-state index is 12.9. The first kappa shape index (κ1) is 20.0. The van der Waals surface area contributed by atoms with E-state index in [0.717, 1.165) is 24.2 Å². The van der Waals surface area contributed by atoms with Crippen molar-refractivity contribution in [3.8, 4) is 11.5 Å². The molecule has 1 spiro atoms. The zero-order valence-electron chi connectivity index (χ0n) is 16.4. The van der Waals surface area contributed by atoms with Gasteiger partial charge in [0.25, 0.3) is 5.91 Å². The smallest absolute Gasteiger partial charge is 0.326 e. The van der Waals surface area contributed by atoms with Gasteiger partial charge in [-0.2, -0.15) is 0 Å². The van der Waals surface area contributed by atoms with E-state index in [1.165, 1.54) is 14.2 Å². The number of benzene rings is 1. The van der Waals surface area contributed by atoms with Crippen molar-refractivity contribution in [2.45, 2.75) is 44.8 Å². The second-order valence-corrected chi connectivity index (χ2v) is 7.28. The second kappa shape index (κ2) is 8.08. The third-order valence-electron chi connectivity index (χ3n) is 5.66. The third kappa shape index (κ3) is 3.63. The van der Waals surface area contributed by atoms with Gasteiger partial charge in [0, 0.05) is 5.56 Å². The van der Waals surface area contributed by atoms with Crippen LogP contribution in [0.25, 0.3) is 0 Å². The van der Waals surface area contributed by atoms with E-state index in [9.17, 15) is 14.4 Å². The summed E-state index contributed by atoms with van der Waals surface area (Å²) in [5.74, 6) is 0.210. The van der Waals surface area contributed by atoms with E-state index in [2.05, 4.69) is 5.32 Å². The number of ether oxygens (including phenoxy) is 3. The normalized spacial score (nSPS) is 24.2. The second-order valence-electron chi connectivity index (χ2n) is 7.28. The highest BCUT2D eigenvalue weighted by Crippen LogP contribution is 2.38. The lowest BCUT2D eigenvalue weighted by Gasteiger charge is -2.36. The van der Waals surface area contributed by atoms with E-state index >= 15 is 0 Å². The molecule has 2 atom stereocenters. The molecule has 28 heavy (non-hydrogen) atoms. The van der Waals surface area contributed by atoms with Gasteiger partial charge in [-0.1, -0.05) is 19.8 Å². The summed E-state index contributed by atoms with van der Waals surface area (Å²) >= 11 is 0. The van der Waals surface area contributed by atoms with Crippen molar-refractivity contribution in [2.75, 3.05) is 20.8 Å². The molecule has 1 saturated heterocycles. The zero-order valence-corrected chi connectivity index (χ0v) is 16.4. The van der Waals surface area contributed by atoms with Gasteiger partial charge in [-0.3, -0.25) is 14.5 Å². The number of nitrogens with one attached hydrogen (secondary N) is 1. The standard InChI is InChI=1S/C20H26N2O6/c1-13-6-4-5-9-20(13)18(24)22(19(25)21-20)11-17(23)28-12-14-10-15(26-2)7-8-16(14)27-3/h7-8,10,13H,4-6,9,11-12H2,1-3H3,(H,21,25)/t13-,20+/m1/s1. The van der Waals surface area contributed by atoms with Gasteiger partial charge in [0.2, 0.25) is 0 Å². The van der Waals surface area contributed by atoms with E-state index in [0.29, 0.717) is 23.5 Å². The summed E-state index contributed by atoms with van der Waals surface area (Å²) in [5.41, 5.74) is -0.254. The van der Waals surface area contributed by atoms with E-state index < -0.39 is 24.1 Å². The third-order valence-corrected chi connectivity index (χ3v) is 5.66. The minimum Gasteiger partial charge on any atom is -0.497 e. The number of nitrogens with zero attached hydrogens (tertiary/aromatic N) is 1. The molecule has 1 heterocycles. The van der Waals surface area contributed by atoms with Crippen LogP contribution in [0.4, 0.5) is 4.79 Å². The molecular formula is C20H26N2O6. The number of carbonyl (C=O) groups excluding carboxylic acids is 3.